The van der Waals surface area contributed by atoms with Crippen LogP contribution in [-0.4, -0.2) is 16.7 Å². The summed E-state index contributed by atoms with van der Waals surface area (Å²) < 4.78 is 13.3. The summed E-state index contributed by atoms with van der Waals surface area (Å²) in [6.45, 7) is 7.85. The third-order valence-electron chi connectivity index (χ3n) is 3.03. The average molecular weight is 261 g/mol. The summed E-state index contributed by atoms with van der Waals surface area (Å²) in [7, 11) is 0. The van der Waals surface area contributed by atoms with Gasteiger partial charge in [0.2, 0.25) is 0 Å². The van der Waals surface area contributed by atoms with Gasteiger partial charge in [-0.2, -0.15) is 5.10 Å². The molecule has 0 aliphatic heterocycles. The molecule has 0 atom stereocenters. The summed E-state index contributed by atoms with van der Waals surface area (Å²) in [4.78, 5) is 0. The van der Waals surface area contributed by atoms with E-state index in [2.05, 4.69) is 29.4 Å². The van der Waals surface area contributed by atoms with Crippen LogP contribution in [0.3, 0.4) is 0 Å². The van der Waals surface area contributed by atoms with Crippen molar-refractivity contribution in [3.05, 3.63) is 41.3 Å². The Balaban J connectivity index is 2.16. The standard InChI is InChI=1S/C15H20FN3/c1-10(2)7-17-8-13-9-18-19-15(13)12-4-5-14(16)11(3)6-12/h4-6,9-10,17H,7-8H2,1-3H3,(H,18,19). The van der Waals surface area contributed by atoms with Gasteiger partial charge in [0.15, 0.2) is 0 Å². The molecule has 4 heteroatoms. The van der Waals surface area contributed by atoms with Gasteiger partial charge in [0.25, 0.3) is 0 Å². The smallest absolute Gasteiger partial charge is 0.126 e. The van der Waals surface area contributed by atoms with Gasteiger partial charge in [0.05, 0.1) is 11.9 Å². The lowest BCUT2D eigenvalue weighted by molar-refractivity contribution is 0.553. The molecule has 102 valence electrons. The Morgan fingerprint density at radius 3 is 2.84 bits per heavy atom. The van der Waals surface area contributed by atoms with Gasteiger partial charge in [0.1, 0.15) is 5.82 Å². The third-order valence-corrected chi connectivity index (χ3v) is 3.03. The van der Waals surface area contributed by atoms with Gasteiger partial charge in [-0.25, -0.2) is 4.39 Å². The molecule has 0 spiro atoms. The first kappa shape index (κ1) is 13.7. The lowest BCUT2D eigenvalue weighted by Gasteiger charge is -2.08. The molecule has 0 bridgehead atoms. The summed E-state index contributed by atoms with van der Waals surface area (Å²) in [6, 6.07) is 5.12. The second-order valence-electron chi connectivity index (χ2n) is 5.26. The molecular formula is C15H20FN3. The van der Waals surface area contributed by atoms with Crippen molar-refractivity contribution in [3.8, 4) is 11.3 Å². The maximum absolute atomic E-state index is 13.3. The number of hydrogen-bond acceptors (Lipinski definition) is 2. The van der Waals surface area contributed by atoms with Gasteiger partial charge in [0, 0.05) is 17.7 Å². The summed E-state index contributed by atoms with van der Waals surface area (Å²) >= 11 is 0. The van der Waals surface area contributed by atoms with E-state index in [9.17, 15) is 4.39 Å². The van der Waals surface area contributed by atoms with E-state index in [1.54, 1.807) is 13.0 Å². The largest absolute Gasteiger partial charge is 0.312 e. The monoisotopic (exact) mass is 261 g/mol. The number of nitrogens with zero attached hydrogens (tertiary/aromatic N) is 1. The first-order valence-corrected chi connectivity index (χ1v) is 6.57. The van der Waals surface area contributed by atoms with Gasteiger partial charge in [-0.15, -0.1) is 0 Å². The number of benzene rings is 1. The van der Waals surface area contributed by atoms with Crippen LogP contribution in [0.25, 0.3) is 11.3 Å². The van der Waals surface area contributed by atoms with Crippen LogP contribution in [0.2, 0.25) is 0 Å². The fourth-order valence-corrected chi connectivity index (χ4v) is 1.99. The quantitative estimate of drug-likeness (QED) is 0.867. The van der Waals surface area contributed by atoms with Crippen LogP contribution < -0.4 is 5.32 Å². The molecule has 19 heavy (non-hydrogen) atoms. The zero-order valence-corrected chi connectivity index (χ0v) is 11.6. The second kappa shape index (κ2) is 5.97. The number of halogens is 1. The van der Waals surface area contributed by atoms with Crippen molar-refractivity contribution in [2.75, 3.05) is 6.54 Å². The van der Waals surface area contributed by atoms with Crippen molar-refractivity contribution in [2.24, 2.45) is 5.92 Å². The molecule has 0 radical (unpaired) electrons. The number of rotatable bonds is 5. The van der Waals surface area contributed by atoms with E-state index in [-0.39, 0.29) is 5.82 Å². The van der Waals surface area contributed by atoms with E-state index in [0.717, 1.165) is 29.9 Å². The molecule has 0 saturated carbocycles. The maximum Gasteiger partial charge on any atom is 0.126 e. The van der Waals surface area contributed by atoms with Crippen LogP contribution in [0.5, 0.6) is 0 Å². The molecule has 0 unspecified atom stereocenters. The topological polar surface area (TPSA) is 40.7 Å². The number of nitrogens with one attached hydrogen (secondary N) is 2. The summed E-state index contributed by atoms with van der Waals surface area (Å²) in [6.07, 6.45) is 1.82. The van der Waals surface area contributed by atoms with Crippen LogP contribution in [0.1, 0.15) is 25.0 Å². The molecule has 1 aromatic carbocycles. The van der Waals surface area contributed by atoms with Crippen LogP contribution >= 0.6 is 0 Å². The fraction of sp³-hybridized carbons (Fsp3) is 0.400. The average Bonchev–Trinajstić information content (AvgIpc) is 2.80. The Labute approximate surface area is 113 Å². The van der Waals surface area contributed by atoms with Crippen molar-refractivity contribution >= 4 is 0 Å². The van der Waals surface area contributed by atoms with Gasteiger partial charge in [-0.3, -0.25) is 5.10 Å². The van der Waals surface area contributed by atoms with Gasteiger partial charge >= 0.3 is 0 Å². The Morgan fingerprint density at radius 2 is 2.16 bits per heavy atom. The lowest BCUT2D eigenvalue weighted by Crippen LogP contribution is -2.19. The molecule has 1 aromatic heterocycles. The predicted molar refractivity (Wildman–Crippen MR) is 75.3 cm³/mol. The molecule has 0 aliphatic carbocycles. The number of aryl methyl sites for hydroxylation is 1. The van der Waals surface area contributed by atoms with E-state index in [1.807, 2.05) is 12.3 Å². The van der Waals surface area contributed by atoms with E-state index < -0.39 is 0 Å². The number of aromatic amines is 1. The molecule has 1 heterocycles. The first-order chi connectivity index (χ1) is 9.08. The zero-order chi connectivity index (χ0) is 13.8. The molecule has 0 saturated heterocycles. The normalized spacial score (nSPS) is 11.2. The van der Waals surface area contributed by atoms with Gasteiger partial charge in [-0.1, -0.05) is 13.8 Å². The third kappa shape index (κ3) is 3.41. The Kier molecular flexibility index (Phi) is 4.32. The minimum atomic E-state index is -0.178. The van der Waals surface area contributed by atoms with E-state index in [1.165, 1.54) is 6.07 Å². The molecular weight excluding hydrogens is 241 g/mol. The van der Waals surface area contributed by atoms with Crippen LogP contribution in [-0.2, 0) is 6.54 Å². The summed E-state index contributed by atoms with van der Waals surface area (Å²) in [5.41, 5.74) is 3.68. The van der Waals surface area contributed by atoms with Crippen LogP contribution in [0, 0.1) is 18.7 Å². The molecule has 0 amide bonds. The molecule has 2 rings (SSSR count). The van der Waals surface area contributed by atoms with E-state index in [4.69, 9.17) is 0 Å². The molecule has 3 nitrogen and oxygen atoms in total. The number of hydrogen-bond donors (Lipinski definition) is 2. The van der Waals surface area contributed by atoms with Crippen LogP contribution in [0.15, 0.2) is 24.4 Å². The Hall–Kier alpha value is -1.68. The number of H-pyrrole nitrogens is 1. The molecule has 0 fully saturated rings. The van der Waals surface area contributed by atoms with E-state index >= 15 is 0 Å². The van der Waals surface area contributed by atoms with Crippen molar-refractivity contribution in [1.82, 2.24) is 15.5 Å². The van der Waals surface area contributed by atoms with Gasteiger partial charge < -0.3 is 5.32 Å². The lowest BCUT2D eigenvalue weighted by atomic mass is 10.1. The Bertz CT molecular complexity index is 546. The predicted octanol–water partition coefficient (Wildman–Crippen LogP) is 3.27. The fourth-order valence-electron chi connectivity index (χ4n) is 1.99. The van der Waals surface area contributed by atoms with Crippen LogP contribution in [0.4, 0.5) is 4.39 Å². The highest BCUT2D eigenvalue weighted by molar-refractivity contribution is 5.63. The second-order valence-corrected chi connectivity index (χ2v) is 5.26. The summed E-state index contributed by atoms with van der Waals surface area (Å²) in [5.74, 6) is 0.436. The Morgan fingerprint density at radius 1 is 1.37 bits per heavy atom. The highest BCUT2D eigenvalue weighted by Gasteiger charge is 2.09. The maximum atomic E-state index is 13.3. The molecule has 2 N–H and O–H groups in total. The first-order valence-electron chi connectivity index (χ1n) is 6.57. The minimum absolute atomic E-state index is 0.178. The van der Waals surface area contributed by atoms with Crippen molar-refractivity contribution in [3.63, 3.8) is 0 Å². The molecule has 0 aliphatic rings. The summed E-state index contributed by atoms with van der Waals surface area (Å²) in [5, 5.41) is 10.5. The van der Waals surface area contributed by atoms with E-state index in [0.29, 0.717) is 11.5 Å². The highest BCUT2D eigenvalue weighted by Crippen LogP contribution is 2.23. The molecule has 2 aromatic rings. The number of aromatic nitrogens is 2. The van der Waals surface area contributed by atoms with Crippen molar-refractivity contribution < 1.29 is 4.39 Å². The van der Waals surface area contributed by atoms with Crippen molar-refractivity contribution in [2.45, 2.75) is 27.3 Å². The SMILES string of the molecule is Cc1cc(-c2[nH]ncc2CNCC(C)C)ccc1F. The highest BCUT2D eigenvalue weighted by atomic mass is 19.1. The van der Waals surface area contributed by atoms with Gasteiger partial charge in [-0.05, 0) is 43.1 Å². The minimum Gasteiger partial charge on any atom is -0.312 e. The van der Waals surface area contributed by atoms with Crippen molar-refractivity contribution in [1.29, 1.82) is 0 Å². The zero-order valence-electron chi connectivity index (χ0n) is 11.6.